The lowest BCUT2D eigenvalue weighted by Crippen LogP contribution is -2.33. The van der Waals surface area contributed by atoms with Crippen molar-refractivity contribution in [3.05, 3.63) is 30.1 Å². The van der Waals surface area contributed by atoms with Crippen LogP contribution in [-0.4, -0.2) is 32.8 Å². The smallest absolute Gasteiger partial charge is 0.310 e. The summed E-state index contributed by atoms with van der Waals surface area (Å²) < 4.78 is 1.54. The lowest BCUT2D eigenvalue weighted by Gasteiger charge is -2.10. The van der Waals surface area contributed by atoms with Crippen molar-refractivity contribution in [1.29, 1.82) is 0 Å². The van der Waals surface area contributed by atoms with Crippen molar-refractivity contribution in [2.24, 2.45) is 13.0 Å². The van der Waals surface area contributed by atoms with E-state index in [2.05, 4.69) is 10.4 Å². The largest absolute Gasteiger partial charge is 0.481 e. The predicted molar refractivity (Wildman–Crippen MR) is 59.3 cm³/mol. The van der Waals surface area contributed by atoms with Crippen molar-refractivity contribution < 1.29 is 14.7 Å². The van der Waals surface area contributed by atoms with Gasteiger partial charge in [-0.3, -0.25) is 14.3 Å². The van der Waals surface area contributed by atoms with E-state index in [-0.39, 0.29) is 11.9 Å². The molecule has 2 rings (SSSR count). The second-order valence-corrected chi connectivity index (χ2v) is 4.05. The molecular formula is C11H13N3O3. The van der Waals surface area contributed by atoms with Gasteiger partial charge >= 0.3 is 5.97 Å². The van der Waals surface area contributed by atoms with Crippen LogP contribution in [-0.2, 0) is 11.8 Å². The molecule has 0 saturated carbocycles. The van der Waals surface area contributed by atoms with Crippen LogP contribution in [0.3, 0.4) is 0 Å². The standard InChI is InChI=1S/C11H13N3O3/c1-14-6-8(5-12-14)10(15)13-9-3-2-7(4-9)11(16)17/h2-3,5-7,9H,4H2,1H3,(H,13,15)(H,16,17). The average Bonchev–Trinajstić information content (AvgIpc) is 2.86. The van der Waals surface area contributed by atoms with E-state index in [1.54, 1.807) is 30.1 Å². The van der Waals surface area contributed by atoms with Crippen LogP contribution >= 0.6 is 0 Å². The highest BCUT2D eigenvalue weighted by Gasteiger charge is 2.25. The number of nitrogens with zero attached hydrogens (tertiary/aromatic N) is 2. The van der Waals surface area contributed by atoms with Gasteiger partial charge < -0.3 is 10.4 Å². The SMILES string of the molecule is Cn1cc(C(=O)NC2C=CC(C(=O)O)C2)cn1. The molecule has 0 bridgehead atoms. The molecule has 2 unspecified atom stereocenters. The van der Waals surface area contributed by atoms with E-state index in [9.17, 15) is 9.59 Å². The Morgan fingerprint density at radius 2 is 2.29 bits per heavy atom. The summed E-state index contributed by atoms with van der Waals surface area (Å²) in [5, 5.41) is 15.5. The van der Waals surface area contributed by atoms with Gasteiger partial charge in [-0.2, -0.15) is 5.10 Å². The molecule has 17 heavy (non-hydrogen) atoms. The van der Waals surface area contributed by atoms with Crippen molar-refractivity contribution >= 4 is 11.9 Å². The van der Waals surface area contributed by atoms with Gasteiger partial charge in [-0.25, -0.2) is 0 Å². The molecule has 6 nitrogen and oxygen atoms in total. The van der Waals surface area contributed by atoms with Crippen LogP contribution < -0.4 is 5.32 Å². The lowest BCUT2D eigenvalue weighted by molar-refractivity contribution is -0.140. The first-order valence-electron chi connectivity index (χ1n) is 5.27. The Balaban J connectivity index is 1.93. The number of carbonyl (C=O) groups excluding carboxylic acids is 1. The Morgan fingerprint density at radius 3 is 2.82 bits per heavy atom. The van der Waals surface area contributed by atoms with Crippen LogP contribution in [0.25, 0.3) is 0 Å². The van der Waals surface area contributed by atoms with Gasteiger partial charge in [0.1, 0.15) is 0 Å². The molecule has 1 aromatic rings. The van der Waals surface area contributed by atoms with Gasteiger partial charge in [0.2, 0.25) is 0 Å². The van der Waals surface area contributed by atoms with E-state index in [0.717, 1.165) is 0 Å². The van der Waals surface area contributed by atoms with E-state index in [1.165, 1.54) is 6.20 Å². The molecule has 1 heterocycles. The van der Waals surface area contributed by atoms with Crippen molar-refractivity contribution in [1.82, 2.24) is 15.1 Å². The molecule has 1 aliphatic rings. The Bertz CT molecular complexity index is 478. The number of hydrogen-bond acceptors (Lipinski definition) is 3. The summed E-state index contributed by atoms with van der Waals surface area (Å²) in [6, 6.07) is -0.219. The molecular weight excluding hydrogens is 222 g/mol. The molecule has 0 spiro atoms. The third-order valence-electron chi connectivity index (χ3n) is 2.68. The fourth-order valence-electron chi connectivity index (χ4n) is 1.78. The van der Waals surface area contributed by atoms with E-state index >= 15 is 0 Å². The molecule has 90 valence electrons. The molecule has 1 amide bonds. The van der Waals surface area contributed by atoms with E-state index < -0.39 is 11.9 Å². The quantitative estimate of drug-likeness (QED) is 0.732. The number of aromatic nitrogens is 2. The minimum atomic E-state index is -0.862. The van der Waals surface area contributed by atoms with Crippen molar-refractivity contribution in [2.75, 3.05) is 0 Å². The molecule has 1 aromatic heterocycles. The maximum atomic E-state index is 11.7. The van der Waals surface area contributed by atoms with Crippen LogP contribution in [0.4, 0.5) is 0 Å². The number of carboxylic acids is 1. The van der Waals surface area contributed by atoms with Crippen LogP contribution in [0.2, 0.25) is 0 Å². The number of carboxylic acid groups (broad SMARTS) is 1. The van der Waals surface area contributed by atoms with Crippen molar-refractivity contribution in [3.8, 4) is 0 Å². The number of amides is 1. The summed E-state index contributed by atoms with van der Waals surface area (Å²) in [4.78, 5) is 22.5. The summed E-state index contributed by atoms with van der Waals surface area (Å²) >= 11 is 0. The molecule has 1 aliphatic carbocycles. The number of aliphatic carboxylic acids is 1. The van der Waals surface area contributed by atoms with E-state index in [1.807, 2.05) is 0 Å². The zero-order valence-corrected chi connectivity index (χ0v) is 9.33. The molecule has 0 aliphatic heterocycles. The molecule has 0 radical (unpaired) electrons. The normalized spacial score (nSPS) is 22.6. The highest BCUT2D eigenvalue weighted by molar-refractivity contribution is 5.94. The van der Waals surface area contributed by atoms with Gasteiger partial charge in [0.25, 0.3) is 5.91 Å². The van der Waals surface area contributed by atoms with Crippen LogP contribution in [0, 0.1) is 5.92 Å². The second kappa shape index (κ2) is 4.40. The summed E-state index contributed by atoms with van der Waals surface area (Å²) in [7, 11) is 1.73. The Labute approximate surface area is 97.9 Å². The summed E-state index contributed by atoms with van der Waals surface area (Å²) in [6.07, 6.45) is 6.82. The van der Waals surface area contributed by atoms with Gasteiger partial charge in [-0.15, -0.1) is 0 Å². The monoisotopic (exact) mass is 235 g/mol. The first kappa shape index (κ1) is 11.4. The molecule has 2 N–H and O–H groups in total. The summed E-state index contributed by atoms with van der Waals surface area (Å²) in [5.41, 5.74) is 0.472. The lowest BCUT2D eigenvalue weighted by atomic mass is 10.1. The molecule has 0 aromatic carbocycles. The van der Waals surface area contributed by atoms with Crippen molar-refractivity contribution in [2.45, 2.75) is 12.5 Å². The van der Waals surface area contributed by atoms with Crippen LogP contribution in [0.1, 0.15) is 16.8 Å². The Morgan fingerprint density at radius 1 is 1.53 bits per heavy atom. The fourth-order valence-corrected chi connectivity index (χ4v) is 1.78. The second-order valence-electron chi connectivity index (χ2n) is 4.05. The number of nitrogens with one attached hydrogen (secondary N) is 1. The highest BCUT2D eigenvalue weighted by Crippen LogP contribution is 2.18. The van der Waals surface area contributed by atoms with Gasteiger partial charge in [0.15, 0.2) is 0 Å². The number of rotatable bonds is 3. The van der Waals surface area contributed by atoms with Gasteiger partial charge in [0, 0.05) is 19.3 Å². The minimum absolute atomic E-state index is 0.219. The third kappa shape index (κ3) is 2.52. The average molecular weight is 235 g/mol. The van der Waals surface area contributed by atoms with Gasteiger partial charge in [0.05, 0.1) is 17.7 Å². The zero-order chi connectivity index (χ0) is 12.4. The Kier molecular flexibility index (Phi) is 2.95. The summed E-state index contributed by atoms with van der Waals surface area (Å²) in [6.45, 7) is 0. The van der Waals surface area contributed by atoms with Crippen LogP contribution in [0.5, 0.6) is 0 Å². The minimum Gasteiger partial charge on any atom is -0.481 e. The van der Waals surface area contributed by atoms with Gasteiger partial charge in [-0.1, -0.05) is 12.2 Å². The first-order chi connectivity index (χ1) is 8.06. The Hall–Kier alpha value is -2.11. The summed E-state index contributed by atoms with van der Waals surface area (Å²) in [5.74, 6) is -1.60. The number of hydrogen-bond donors (Lipinski definition) is 2. The number of aryl methyl sites for hydroxylation is 1. The van der Waals surface area contributed by atoms with E-state index in [4.69, 9.17) is 5.11 Å². The maximum absolute atomic E-state index is 11.7. The van der Waals surface area contributed by atoms with Crippen molar-refractivity contribution in [3.63, 3.8) is 0 Å². The van der Waals surface area contributed by atoms with Gasteiger partial charge in [-0.05, 0) is 6.42 Å². The topological polar surface area (TPSA) is 84.2 Å². The maximum Gasteiger partial charge on any atom is 0.310 e. The van der Waals surface area contributed by atoms with E-state index in [0.29, 0.717) is 12.0 Å². The highest BCUT2D eigenvalue weighted by atomic mass is 16.4. The third-order valence-corrected chi connectivity index (χ3v) is 2.68. The molecule has 2 atom stereocenters. The predicted octanol–water partition coefficient (Wildman–Crippen LogP) is 0.179. The molecule has 0 fully saturated rings. The molecule has 6 heteroatoms. The fraction of sp³-hybridized carbons (Fsp3) is 0.364. The zero-order valence-electron chi connectivity index (χ0n) is 9.33. The van der Waals surface area contributed by atoms with Crippen LogP contribution in [0.15, 0.2) is 24.5 Å². The molecule has 0 saturated heterocycles. The number of carbonyl (C=O) groups is 2. The first-order valence-corrected chi connectivity index (χ1v) is 5.27.